The highest BCUT2D eigenvalue weighted by atomic mass is 35.5. The van der Waals surface area contributed by atoms with Gasteiger partial charge in [-0.15, -0.1) is 0 Å². The minimum Gasteiger partial charge on any atom is -0.497 e. The number of hydrogen-bond donors (Lipinski definition) is 0. The van der Waals surface area contributed by atoms with Crippen molar-refractivity contribution in [1.82, 2.24) is 9.55 Å². The highest BCUT2D eigenvalue weighted by molar-refractivity contribution is 7.99. The molecule has 192 valence electrons. The van der Waals surface area contributed by atoms with Crippen LogP contribution in [0.1, 0.15) is 10.4 Å². The molecule has 0 N–H and O–H groups in total. The molecule has 0 aliphatic carbocycles. The van der Waals surface area contributed by atoms with Crippen LogP contribution in [-0.2, 0) is 0 Å². The number of Topliss-reactive ketones (excluding diaryl/α,β-unsaturated/α-hetero) is 1. The monoisotopic (exact) mass is 552 g/mol. The van der Waals surface area contributed by atoms with Gasteiger partial charge >= 0.3 is 5.63 Å². The van der Waals surface area contributed by atoms with Crippen molar-refractivity contribution >= 4 is 50.9 Å². The Balaban J connectivity index is 1.34. The fourth-order valence-corrected chi connectivity index (χ4v) is 5.43. The number of methoxy groups -OCH3 is 1. The summed E-state index contributed by atoms with van der Waals surface area (Å²) < 4.78 is 12.7. The van der Waals surface area contributed by atoms with Gasteiger partial charge in [0.15, 0.2) is 10.9 Å². The molecule has 0 amide bonds. The van der Waals surface area contributed by atoms with Gasteiger partial charge in [0.2, 0.25) is 0 Å². The summed E-state index contributed by atoms with van der Waals surface area (Å²) in [6.45, 7) is 0. The van der Waals surface area contributed by atoms with E-state index in [1.54, 1.807) is 19.2 Å². The van der Waals surface area contributed by atoms with E-state index in [0.717, 1.165) is 38.9 Å². The minimum atomic E-state index is -0.649. The fraction of sp³-hybridized carbons (Fsp3) is 0.0645. The second-order valence-corrected chi connectivity index (χ2v) is 10.2. The van der Waals surface area contributed by atoms with Crippen LogP contribution in [0.5, 0.6) is 5.75 Å². The first kappa shape index (κ1) is 25.0. The Kier molecular flexibility index (Phi) is 6.69. The van der Waals surface area contributed by atoms with Crippen LogP contribution in [0.25, 0.3) is 38.7 Å². The van der Waals surface area contributed by atoms with Gasteiger partial charge in [-0.25, -0.2) is 9.78 Å². The summed E-state index contributed by atoms with van der Waals surface area (Å²) in [6, 6.07) is 28.1. The van der Waals surface area contributed by atoms with E-state index in [1.165, 1.54) is 11.8 Å². The van der Waals surface area contributed by atoms with Crippen LogP contribution >= 0.6 is 23.4 Å². The smallest absolute Gasteiger partial charge is 0.347 e. The van der Waals surface area contributed by atoms with Crippen molar-refractivity contribution in [2.75, 3.05) is 12.9 Å². The molecule has 0 aliphatic rings. The van der Waals surface area contributed by atoms with Crippen LogP contribution < -0.4 is 10.4 Å². The first-order valence-corrected chi connectivity index (χ1v) is 13.5. The molecule has 8 heteroatoms. The van der Waals surface area contributed by atoms with Crippen molar-refractivity contribution in [3.05, 3.63) is 118 Å². The van der Waals surface area contributed by atoms with E-state index in [4.69, 9.17) is 25.7 Å². The molecule has 0 aliphatic heterocycles. The third kappa shape index (κ3) is 4.94. The molecule has 0 saturated carbocycles. The van der Waals surface area contributed by atoms with E-state index in [2.05, 4.69) is 0 Å². The van der Waals surface area contributed by atoms with E-state index in [1.807, 2.05) is 89.6 Å². The summed E-state index contributed by atoms with van der Waals surface area (Å²) in [7, 11) is 1.61. The Morgan fingerprint density at radius 1 is 0.974 bits per heavy atom. The lowest BCUT2D eigenvalue weighted by atomic mass is 10.0. The number of carbonyl (C=O) groups is 1. The van der Waals surface area contributed by atoms with Gasteiger partial charge in [-0.1, -0.05) is 65.8 Å². The third-order valence-electron chi connectivity index (χ3n) is 6.44. The lowest BCUT2D eigenvalue weighted by Crippen LogP contribution is -2.16. The van der Waals surface area contributed by atoms with Crippen molar-refractivity contribution in [3.63, 3.8) is 0 Å². The molecule has 0 atom stereocenters. The number of nitrogens with zero attached hydrogens (tertiary/aromatic N) is 2. The van der Waals surface area contributed by atoms with Gasteiger partial charge in [0.05, 0.1) is 18.6 Å². The average molecular weight is 553 g/mol. The molecule has 6 rings (SSSR count). The van der Waals surface area contributed by atoms with Gasteiger partial charge < -0.3 is 9.15 Å². The molecule has 39 heavy (non-hydrogen) atoms. The van der Waals surface area contributed by atoms with E-state index in [0.29, 0.717) is 15.8 Å². The van der Waals surface area contributed by atoms with Crippen molar-refractivity contribution < 1.29 is 13.9 Å². The highest BCUT2D eigenvalue weighted by Gasteiger charge is 2.18. The largest absolute Gasteiger partial charge is 0.497 e. The SMILES string of the molecule is COc1ccc(-n2cc(-c3ccc(Cl)cc3)nc2SCC(=O)c2cc3c(ccc4ccccc43)oc2=O)cc1. The van der Waals surface area contributed by atoms with Gasteiger partial charge in [-0.05, 0) is 59.3 Å². The molecule has 0 spiro atoms. The molecule has 2 heterocycles. The second-order valence-electron chi connectivity index (χ2n) is 8.84. The third-order valence-corrected chi connectivity index (χ3v) is 7.64. The first-order valence-electron chi connectivity index (χ1n) is 12.1. The molecule has 6 nitrogen and oxygen atoms in total. The Morgan fingerprint density at radius 2 is 1.74 bits per heavy atom. The maximum atomic E-state index is 13.3. The summed E-state index contributed by atoms with van der Waals surface area (Å²) in [6.07, 6.45) is 1.91. The number of hydrogen-bond acceptors (Lipinski definition) is 6. The van der Waals surface area contributed by atoms with Crippen LogP contribution in [-0.4, -0.2) is 28.2 Å². The maximum absolute atomic E-state index is 13.3. The number of rotatable bonds is 7. The predicted octanol–water partition coefficient (Wildman–Crippen LogP) is 7.44. The number of fused-ring (bicyclic) bond motifs is 3. The molecule has 0 saturated heterocycles. The van der Waals surface area contributed by atoms with Crippen LogP contribution in [0, 0.1) is 0 Å². The zero-order valence-corrected chi connectivity index (χ0v) is 22.3. The number of aromatic nitrogens is 2. The molecule has 2 aromatic heterocycles. The average Bonchev–Trinajstić information content (AvgIpc) is 3.40. The number of carbonyl (C=O) groups excluding carboxylic acids is 1. The lowest BCUT2D eigenvalue weighted by Gasteiger charge is -2.08. The molecular formula is C31H21ClN2O4S. The highest BCUT2D eigenvalue weighted by Crippen LogP contribution is 2.30. The van der Waals surface area contributed by atoms with Crippen molar-refractivity contribution in [2.24, 2.45) is 0 Å². The predicted molar refractivity (Wildman–Crippen MR) is 156 cm³/mol. The van der Waals surface area contributed by atoms with Gasteiger partial charge in [-0.2, -0.15) is 0 Å². The topological polar surface area (TPSA) is 74.3 Å². The van der Waals surface area contributed by atoms with E-state index in [-0.39, 0.29) is 17.1 Å². The molecule has 4 aromatic carbocycles. The van der Waals surface area contributed by atoms with Gasteiger partial charge in [0, 0.05) is 27.9 Å². The molecule has 6 aromatic rings. The van der Waals surface area contributed by atoms with E-state index >= 15 is 0 Å². The van der Waals surface area contributed by atoms with Crippen molar-refractivity contribution in [3.8, 4) is 22.7 Å². The Hall–Kier alpha value is -4.33. The number of benzene rings is 4. The summed E-state index contributed by atoms with van der Waals surface area (Å²) in [5, 5.41) is 3.89. The van der Waals surface area contributed by atoms with Gasteiger partial charge in [-0.3, -0.25) is 9.36 Å². The Bertz CT molecular complexity index is 1890. The second kappa shape index (κ2) is 10.4. The molecule has 0 bridgehead atoms. The summed E-state index contributed by atoms with van der Waals surface area (Å²) >= 11 is 7.33. The molecule has 0 radical (unpaired) electrons. The number of thioether (sulfide) groups is 1. The first-order chi connectivity index (χ1) is 19.0. The van der Waals surface area contributed by atoms with Crippen LogP contribution in [0.3, 0.4) is 0 Å². The van der Waals surface area contributed by atoms with Crippen LogP contribution in [0.15, 0.2) is 112 Å². The number of imidazole rings is 1. The van der Waals surface area contributed by atoms with Crippen molar-refractivity contribution in [1.29, 1.82) is 0 Å². The standard InChI is InChI=1S/C31H21ClN2O4S/c1-37-23-13-11-22(12-14-23)34-17-27(20-6-9-21(32)10-7-20)33-31(34)39-18-28(35)26-16-25-24-5-3-2-4-19(24)8-15-29(25)38-30(26)36/h2-17H,18H2,1H3. The van der Waals surface area contributed by atoms with Crippen molar-refractivity contribution in [2.45, 2.75) is 5.16 Å². The normalized spacial score (nSPS) is 11.2. The Morgan fingerprint density at radius 3 is 2.51 bits per heavy atom. The number of halogens is 1. The molecular weight excluding hydrogens is 532 g/mol. The number of ketones is 1. The van der Waals surface area contributed by atoms with Crippen LogP contribution in [0.4, 0.5) is 0 Å². The minimum absolute atomic E-state index is 0.00819. The van der Waals surface area contributed by atoms with Gasteiger partial charge in [0.25, 0.3) is 0 Å². The quantitative estimate of drug-likeness (QED) is 0.0887. The summed E-state index contributed by atoms with van der Waals surface area (Å²) in [5.74, 6) is 0.409. The van der Waals surface area contributed by atoms with Gasteiger partial charge in [0.1, 0.15) is 16.9 Å². The van der Waals surface area contributed by atoms with E-state index < -0.39 is 5.63 Å². The van der Waals surface area contributed by atoms with Crippen LogP contribution in [0.2, 0.25) is 5.02 Å². The zero-order chi connectivity index (χ0) is 26.9. The summed E-state index contributed by atoms with van der Waals surface area (Å²) in [4.78, 5) is 30.9. The zero-order valence-electron chi connectivity index (χ0n) is 20.8. The lowest BCUT2D eigenvalue weighted by molar-refractivity contribution is 0.101. The van der Waals surface area contributed by atoms with E-state index in [9.17, 15) is 9.59 Å². The number of ether oxygens (including phenoxy) is 1. The molecule has 0 fully saturated rings. The fourth-order valence-electron chi connectivity index (χ4n) is 4.43. The Labute approximate surface area is 232 Å². The summed E-state index contributed by atoms with van der Waals surface area (Å²) in [5.41, 5.74) is 2.30. The molecule has 0 unspecified atom stereocenters. The maximum Gasteiger partial charge on any atom is 0.347 e.